The van der Waals surface area contributed by atoms with E-state index in [2.05, 4.69) is 142 Å². The van der Waals surface area contributed by atoms with E-state index >= 15 is 0 Å². The van der Waals surface area contributed by atoms with Crippen molar-refractivity contribution in [3.63, 3.8) is 0 Å². The molecule has 6 N–H and O–H groups in total. The van der Waals surface area contributed by atoms with Crippen molar-refractivity contribution < 1.29 is 49.3 Å². The minimum atomic E-state index is -1.64. The normalized spacial score (nSPS) is 19.2. The molecule has 0 aromatic rings. The van der Waals surface area contributed by atoms with Crippen LogP contribution in [-0.4, -0.2) is 99.6 Å². The second-order valence-electron chi connectivity index (χ2n) is 23.2. The third kappa shape index (κ3) is 49.1. The van der Waals surface area contributed by atoms with Crippen molar-refractivity contribution >= 4 is 11.9 Å². The molecule has 1 amide bonds. The van der Waals surface area contributed by atoms with Gasteiger partial charge in [0.1, 0.15) is 24.4 Å². The third-order valence-corrected chi connectivity index (χ3v) is 15.2. The van der Waals surface area contributed by atoms with Crippen molar-refractivity contribution in [3.8, 4) is 0 Å². The lowest BCUT2D eigenvalue weighted by atomic mass is 9.99. The molecule has 87 heavy (non-hydrogen) atoms. The Bertz CT molecular complexity index is 1980. The van der Waals surface area contributed by atoms with E-state index in [0.29, 0.717) is 12.8 Å². The first kappa shape index (κ1) is 80.6. The number of rotatable bonds is 57. The van der Waals surface area contributed by atoms with Gasteiger partial charge in [-0.05, 0) is 103 Å². The molecule has 11 nitrogen and oxygen atoms in total. The van der Waals surface area contributed by atoms with Crippen LogP contribution >= 0.6 is 0 Å². The molecular weight excluding hydrogens is 1090 g/mol. The van der Waals surface area contributed by atoms with Crippen LogP contribution in [0.3, 0.4) is 0 Å². The van der Waals surface area contributed by atoms with Crippen LogP contribution in [0.15, 0.2) is 146 Å². The average Bonchev–Trinajstić information content (AvgIpc) is 2.75. The molecule has 0 spiro atoms. The number of hydrogen-bond acceptors (Lipinski definition) is 10. The molecule has 0 aliphatic carbocycles. The van der Waals surface area contributed by atoms with Gasteiger partial charge < -0.3 is 45.1 Å². The van der Waals surface area contributed by atoms with Gasteiger partial charge in [0.2, 0.25) is 5.91 Å². The van der Waals surface area contributed by atoms with Crippen LogP contribution in [0.25, 0.3) is 0 Å². The topological polar surface area (TPSA) is 175 Å². The highest BCUT2D eigenvalue weighted by molar-refractivity contribution is 5.81. The molecule has 8 unspecified atom stereocenters. The Morgan fingerprint density at radius 2 is 0.828 bits per heavy atom. The van der Waals surface area contributed by atoms with Gasteiger partial charge in [0.05, 0.1) is 25.4 Å². The Labute approximate surface area is 530 Å². The second kappa shape index (κ2) is 61.8. The molecule has 1 heterocycles. The summed E-state index contributed by atoms with van der Waals surface area (Å²) in [4.78, 5) is 26.6. The minimum Gasteiger partial charge on any atom is -0.454 e. The van der Waals surface area contributed by atoms with Gasteiger partial charge in [0, 0.05) is 12.8 Å². The number of carbonyl (C=O) groups excluding carboxylic acids is 2. The summed E-state index contributed by atoms with van der Waals surface area (Å²) < 4.78 is 17.6. The van der Waals surface area contributed by atoms with Crippen LogP contribution in [0.4, 0.5) is 0 Å². The van der Waals surface area contributed by atoms with Gasteiger partial charge in [-0.1, -0.05) is 289 Å². The number of ether oxygens (including phenoxy) is 3. The third-order valence-electron chi connectivity index (χ3n) is 15.2. The van der Waals surface area contributed by atoms with E-state index < -0.39 is 67.4 Å². The summed E-state index contributed by atoms with van der Waals surface area (Å²) in [6.07, 6.45) is 79.0. The van der Waals surface area contributed by atoms with E-state index in [1.807, 2.05) is 18.2 Å². The van der Waals surface area contributed by atoms with Crippen LogP contribution < -0.4 is 5.32 Å². The first-order valence-electron chi connectivity index (χ1n) is 34.6. The SMILES string of the molecule is CC/C=C\C/C=C\C/C=C\C/C=C\C/C=C\C/C=C\CC(O)C(=O)NC(COC1OC(CO)C(O)C(O)C1OC(=O)CCCCCCCCCCCCC/C=C\C/C=C\C/C=C\C/C=C\C/C=C\CC)C(O)/C=C/CCCCCCCCCCCCC. The van der Waals surface area contributed by atoms with E-state index in [1.54, 1.807) is 12.2 Å². The maximum atomic E-state index is 13.4. The Morgan fingerprint density at radius 1 is 0.460 bits per heavy atom. The van der Waals surface area contributed by atoms with Gasteiger partial charge in [0.25, 0.3) is 0 Å². The first-order chi connectivity index (χ1) is 42.7. The first-order valence-corrected chi connectivity index (χ1v) is 34.6. The number of carbonyl (C=O) groups is 2. The molecule has 494 valence electrons. The Kier molecular flexibility index (Phi) is 57.2. The summed E-state index contributed by atoms with van der Waals surface area (Å²) in [7, 11) is 0. The van der Waals surface area contributed by atoms with E-state index in [4.69, 9.17) is 14.2 Å². The molecule has 0 saturated carbocycles. The summed E-state index contributed by atoms with van der Waals surface area (Å²) in [6, 6.07) is -1.08. The monoisotopic (exact) mass is 1210 g/mol. The summed E-state index contributed by atoms with van der Waals surface area (Å²) in [6.45, 7) is 5.52. The van der Waals surface area contributed by atoms with Gasteiger partial charge in [-0.3, -0.25) is 9.59 Å². The molecular formula is C76H125NO10. The molecule has 1 fully saturated rings. The molecule has 0 aromatic heterocycles. The molecule has 0 radical (unpaired) electrons. The van der Waals surface area contributed by atoms with Crippen LogP contribution in [0.5, 0.6) is 0 Å². The summed E-state index contributed by atoms with van der Waals surface area (Å²) in [5.74, 6) is -1.29. The van der Waals surface area contributed by atoms with E-state index in [-0.39, 0.29) is 19.4 Å². The van der Waals surface area contributed by atoms with Gasteiger partial charge in [-0.15, -0.1) is 0 Å². The zero-order valence-corrected chi connectivity index (χ0v) is 54.8. The van der Waals surface area contributed by atoms with E-state index in [0.717, 1.165) is 122 Å². The van der Waals surface area contributed by atoms with Crippen molar-refractivity contribution in [2.45, 2.75) is 307 Å². The predicted molar refractivity (Wildman–Crippen MR) is 365 cm³/mol. The Hall–Kier alpha value is -4.46. The number of amides is 1. The predicted octanol–water partition coefficient (Wildman–Crippen LogP) is 17.7. The smallest absolute Gasteiger partial charge is 0.306 e. The average molecular weight is 1210 g/mol. The maximum absolute atomic E-state index is 13.4. The maximum Gasteiger partial charge on any atom is 0.306 e. The number of aliphatic hydroxyl groups excluding tert-OH is 5. The molecule has 1 aliphatic heterocycles. The lowest BCUT2D eigenvalue weighted by Gasteiger charge is -2.41. The molecule has 1 aliphatic rings. The van der Waals surface area contributed by atoms with Crippen molar-refractivity contribution in [1.82, 2.24) is 5.32 Å². The number of hydrogen-bond donors (Lipinski definition) is 6. The van der Waals surface area contributed by atoms with Crippen LogP contribution in [0.2, 0.25) is 0 Å². The van der Waals surface area contributed by atoms with Crippen LogP contribution in [-0.2, 0) is 23.8 Å². The number of allylic oxidation sites excluding steroid dienone is 22. The molecule has 1 rings (SSSR count). The van der Waals surface area contributed by atoms with Gasteiger partial charge >= 0.3 is 5.97 Å². The lowest BCUT2D eigenvalue weighted by molar-refractivity contribution is -0.305. The number of aliphatic hydroxyl groups is 5. The Morgan fingerprint density at radius 3 is 1.24 bits per heavy atom. The van der Waals surface area contributed by atoms with Crippen molar-refractivity contribution in [2.24, 2.45) is 0 Å². The van der Waals surface area contributed by atoms with E-state index in [9.17, 15) is 35.1 Å². The zero-order valence-electron chi connectivity index (χ0n) is 54.8. The van der Waals surface area contributed by atoms with Crippen LogP contribution in [0.1, 0.15) is 258 Å². The van der Waals surface area contributed by atoms with E-state index in [1.165, 1.54) is 89.9 Å². The molecule has 0 bridgehead atoms. The quantitative estimate of drug-likeness (QED) is 0.0195. The highest BCUT2D eigenvalue weighted by atomic mass is 16.7. The largest absolute Gasteiger partial charge is 0.454 e. The molecule has 1 saturated heterocycles. The standard InChI is InChI=1S/C76H125NO10/c1-4-7-10-13-16-19-22-25-27-29-31-32-33-34-35-36-37-38-39-41-43-46-49-52-55-58-61-64-71(81)87-74-73(83)72(82)70(65-78)86-76(74)85-66-67(68(79)62-59-56-53-50-47-44-24-21-18-15-12-9-6-3)77-75(84)69(80)63-60-57-54-51-48-45-42-40-30-28-26-23-20-17-14-11-8-5-2/h7-8,10-11,16-17,19-20,25-28,31-32,34-35,40,42,48,51,57,59-60,62,67-70,72-74,76,78-80,82-83H,4-6,9,12-15,18,21-24,29-30,33,36-39,41,43-47,49-50,52-56,58,61,63-66H2,1-3H3,(H,77,84)/b10-7-,11-8-,19-16-,20-17-,27-25-,28-26-,32-31-,35-34-,42-40-,51-48-,60-57-,62-59+. The minimum absolute atomic E-state index is 0.0508. The van der Waals surface area contributed by atoms with Gasteiger partial charge in [-0.25, -0.2) is 0 Å². The lowest BCUT2D eigenvalue weighted by Crippen LogP contribution is -2.61. The van der Waals surface area contributed by atoms with Crippen molar-refractivity contribution in [1.29, 1.82) is 0 Å². The molecule has 0 aromatic carbocycles. The highest BCUT2D eigenvalue weighted by Gasteiger charge is 2.47. The van der Waals surface area contributed by atoms with Crippen molar-refractivity contribution in [3.05, 3.63) is 146 Å². The van der Waals surface area contributed by atoms with Crippen LogP contribution in [0, 0.1) is 0 Å². The molecule has 11 heteroatoms. The number of unbranched alkanes of at least 4 members (excludes halogenated alkanes) is 22. The second-order valence-corrected chi connectivity index (χ2v) is 23.2. The number of esters is 1. The van der Waals surface area contributed by atoms with Gasteiger partial charge in [-0.2, -0.15) is 0 Å². The Balaban J connectivity index is 2.63. The zero-order chi connectivity index (χ0) is 63.1. The fourth-order valence-corrected chi connectivity index (χ4v) is 9.87. The van der Waals surface area contributed by atoms with Gasteiger partial charge in [0.15, 0.2) is 12.4 Å². The summed E-state index contributed by atoms with van der Waals surface area (Å²) in [5, 5.41) is 57.1. The fraction of sp³-hybridized carbons (Fsp3) is 0.658. The fourth-order valence-electron chi connectivity index (χ4n) is 9.87. The summed E-state index contributed by atoms with van der Waals surface area (Å²) in [5.41, 5.74) is 0. The van der Waals surface area contributed by atoms with Crippen molar-refractivity contribution in [2.75, 3.05) is 13.2 Å². The summed E-state index contributed by atoms with van der Waals surface area (Å²) >= 11 is 0. The number of nitrogens with one attached hydrogen (secondary N) is 1. The highest BCUT2D eigenvalue weighted by Crippen LogP contribution is 2.26. The molecule has 8 atom stereocenters.